The van der Waals surface area contributed by atoms with Gasteiger partial charge in [0.15, 0.2) is 0 Å². The molecule has 1 N–H and O–H groups in total. The van der Waals surface area contributed by atoms with Gasteiger partial charge in [0, 0.05) is 15.9 Å². The number of nitriles is 1. The van der Waals surface area contributed by atoms with Crippen molar-refractivity contribution in [2.45, 2.75) is 13.8 Å². The third-order valence-corrected chi connectivity index (χ3v) is 3.53. The van der Waals surface area contributed by atoms with Crippen LogP contribution in [0.4, 0.5) is 11.5 Å². The third kappa shape index (κ3) is 2.52. The molecule has 0 spiro atoms. The van der Waals surface area contributed by atoms with Gasteiger partial charge in [0.1, 0.15) is 11.9 Å². The molecule has 0 atom stereocenters. The van der Waals surface area contributed by atoms with Gasteiger partial charge in [0.2, 0.25) is 0 Å². The highest BCUT2D eigenvalue weighted by Crippen LogP contribution is 2.27. The number of pyridine rings is 1. The average molecular weight is 302 g/mol. The van der Waals surface area contributed by atoms with Gasteiger partial charge in [-0.2, -0.15) is 5.26 Å². The van der Waals surface area contributed by atoms with Crippen LogP contribution in [0.2, 0.25) is 0 Å². The number of anilines is 2. The van der Waals surface area contributed by atoms with E-state index in [0.29, 0.717) is 11.4 Å². The second kappa shape index (κ2) is 5.19. The smallest absolute Gasteiger partial charge is 0.148 e. The summed E-state index contributed by atoms with van der Waals surface area (Å²) in [6.07, 6.45) is 0. The SMILES string of the molecule is Cc1ccc(C#N)c(Nc2cccc(Br)c2C)n1. The number of nitrogens with zero attached hydrogens (tertiary/aromatic N) is 2. The standard InChI is InChI=1S/C14H12BrN3/c1-9-6-7-11(8-16)14(17-9)18-13-5-3-4-12(15)10(13)2/h3-7H,1-2H3,(H,17,18). The van der Waals surface area contributed by atoms with E-state index in [4.69, 9.17) is 5.26 Å². The van der Waals surface area contributed by atoms with Gasteiger partial charge in [0.25, 0.3) is 0 Å². The fourth-order valence-corrected chi connectivity index (χ4v) is 1.98. The molecule has 2 rings (SSSR count). The zero-order chi connectivity index (χ0) is 13.1. The molecule has 4 heteroatoms. The van der Waals surface area contributed by atoms with E-state index in [9.17, 15) is 0 Å². The fourth-order valence-electron chi connectivity index (χ4n) is 1.61. The molecule has 0 aliphatic rings. The summed E-state index contributed by atoms with van der Waals surface area (Å²) >= 11 is 3.48. The van der Waals surface area contributed by atoms with Gasteiger partial charge in [-0.25, -0.2) is 4.98 Å². The van der Waals surface area contributed by atoms with Crippen LogP contribution < -0.4 is 5.32 Å². The molecule has 3 nitrogen and oxygen atoms in total. The van der Waals surface area contributed by atoms with E-state index in [2.05, 4.69) is 32.3 Å². The van der Waals surface area contributed by atoms with Crippen LogP contribution in [0.15, 0.2) is 34.8 Å². The molecule has 0 unspecified atom stereocenters. The van der Waals surface area contributed by atoms with Crippen molar-refractivity contribution in [2.75, 3.05) is 5.32 Å². The summed E-state index contributed by atoms with van der Waals surface area (Å²) < 4.78 is 1.03. The largest absolute Gasteiger partial charge is 0.339 e. The molecule has 0 saturated carbocycles. The number of aromatic nitrogens is 1. The Hall–Kier alpha value is -1.86. The number of aryl methyl sites for hydroxylation is 1. The normalized spacial score (nSPS) is 9.89. The maximum atomic E-state index is 9.07. The summed E-state index contributed by atoms with van der Waals surface area (Å²) in [5, 5.41) is 12.3. The summed E-state index contributed by atoms with van der Waals surface area (Å²) in [5.41, 5.74) is 3.45. The van der Waals surface area contributed by atoms with E-state index in [1.54, 1.807) is 6.07 Å². The Bertz CT molecular complexity index is 629. The molecule has 0 bridgehead atoms. The second-order valence-electron chi connectivity index (χ2n) is 4.00. The number of benzene rings is 1. The van der Waals surface area contributed by atoms with Crippen molar-refractivity contribution >= 4 is 27.4 Å². The molecule has 1 aromatic heterocycles. The van der Waals surface area contributed by atoms with Gasteiger partial charge < -0.3 is 5.32 Å². The minimum absolute atomic E-state index is 0.542. The van der Waals surface area contributed by atoms with E-state index in [0.717, 1.165) is 21.4 Å². The monoisotopic (exact) mass is 301 g/mol. The number of hydrogen-bond acceptors (Lipinski definition) is 3. The highest BCUT2D eigenvalue weighted by atomic mass is 79.9. The summed E-state index contributed by atoms with van der Waals surface area (Å²) in [4.78, 5) is 4.36. The van der Waals surface area contributed by atoms with Gasteiger partial charge in [-0.05, 0) is 43.7 Å². The van der Waals surface area contributed by atoms with E-state index < -0.39 is 0 Å². The molecule has 0 aliphatic heterocycles. The van der Waals surface area contributed by atoms with Crippen molar-refractivity contribution in [2.24, 2.45) is 0 Å². The lowest BCUT2D eigenvalue weighted by atomic mass is 10.2. The summed E-state index contributed by atoms with van der Waals surface area (Å²) in [6.45, 7) is 3.91. The van der Waals surface area contributed by atoms with Gasteiger partial charge in [-0.3, -0.25) is 0 Å². The average Bonchev–Trinajstić information content (AvgIpc) is 2.35. The number of hydrogen-bond donors (Lipinski definition) is 1. The minimum atomic E-state index is 0.542. The maximum Gasteiger partial charge on any atom is 0.148 e. The fraction of sp³-hybridized carbons (Fsp3) is 0.143. The van der Waals surface area contributed by atoms with E-state index in [-0.39, 0.29) is 0 Å². The van der Waals surface area contributed by atoms with Crippen LogP contribution in [0.1, 0.15) is 16.8 Å². The maximum absolute atomic E-state index is 9.07. The molecule has 1 aromatic carbocycles. The summed E-state index contributed by atoms with van der Waals surface area (Å²) in [7, 11) is 0. The summed E-state index contributed by atoms with van der Waals surface area (Å²) in [6, 6.07) is 11.6. The van der Waals surface area contributed by atoms with Crippen LogP contribution in [-0.2, 0) is 0 Å². The minimum Gasteiger partial charge on any atom is -0.339 e. The predicted molar refractivity (Wildman–Crippen MR) is 75.9 cm³/mol. The molecule has 90 valence electrons. The Labute approximate surface area is 115 Å². The Morgan fingerprint density at radius 3 is 2.72 bits per heavy atom. The number of halogens is 1. The first-order valence-electron chi connectivity index (χ1n) is 5.51. The Kier molecular flexibility index (Phi) is 3.63. The second-order valence-corrected chi connectivity index (χ2v) is 4.85. The lowest BCUT2D eigenvalue weighted by Crippen LogP contribution is -2.00. The van der Waals surface area contributed by atoms with Crippen LogP contribution in [0.3, 0.4) is 0 Å². The third-order valence-electron chi connectivity index (χ3n) is 2.68. The van der Waals surface area contributed by atoms with Crippen molar-refractivity contribution in [3.05, 3.63) is 51.6 Å². The highest BCUT2D eigenvalue weighted by molar-refractivity contribution is 9.10. The van der Waals surface area contributed by atoms with Crippen LogP contribution in [0.5, 0.6) is 0 Å². The number of rotatable bonds is 2. The van der Waals surface area contributed by atoms with Crippen molar-refractivity contribution in [3.8, 4) is 6.07 Å². The lowest BCUT2D eigenvalue weighted by Gasteiger charge is -2.11. The van der Waals surface area contributed by atoms with Crippen LogP contribution in [0, 0.1) is 25.2 Å². The van der Waals surface area contributed by atoms with E-state index in [1.165, 1.54) is 0 Å². The molecule has 18 heavy (non-hydrogen) atoms. The van der Waals surface area contributed by atoms with Crippen LogP contribution in [-0.4, -0.2) is 4.98 Å². The molecule has 2 aromatic rings. The molecule has 0 aliphatic carbocycles. The molecular formula is C14H12BrN3. The Morgan fingerprint density at radius 2 is 2.00 bits per heavy atom. The first kappa shape index (κ1) is 12.6. The lowest BCUT2D eigenvalue weighted by molar-refractivity contribution is 1.18. The van der Waals surface area contributed by atoms with Gasteiger partial charge >= 0.3 is 0 Å². The molecule has 0 saturated heterocycles. The first-order valence-corrected chi connectivity index (χ1v) is 6.31. The van der Waals surface area contributed by atoms with Gasteiger partial charge in [-0.1, -0.05) is 22.0 Å². The first-order chi connectivity index (χ1) is 8.61. The van der Waals surface area contributed by atoms with Gasteiger partial charge in [0.05, 0.1) is 5.56 Å². The predicted octanol–water partition coefficient (Wildman–Crippen LogP) is 4.08. The Balaban J connectivity index is 2.43. The van der Waals surface area contributed by atoms with E-state index >= 15 is 0 Å². The van der Waals surface area contributed by atoms with Crippen molar-refractivity contribution in [3.63, 3.8) is 0 Å². The molecule has 0 radical (unpaired) electrons. The molecule has 0 fully saturated rings. The molecule has 0 amide bonds. The van der Waals surface area contributed by atoms with Crippen molar-refractivity contribution < 1.29 is 0 Å². The molecular weight excluding hydrogens is 290 g/mol. The summed E-state index contributed by atoms with van der Waals surface area (Å²) in [5.74, 6) is 0.596. The van der Waals surface area contributed by atoms with Crippen LogP contribution in [0.25, 0.3) is 0 Å². The quantitative estimate of drug-likeness (QED) is 0.909. The topological polar surface area (TPSA) is 48.7 Å². The van der Waals surface area contributed by atoms with Gasteiger partial charge in [-0.15, -0.1) is 0 Å². The zero-order valence-electron chi connectivity index (χ0n) is 10.2. The highest BCUT2D eigenvalue weighted by Gasteiger charge is 2.07. The molecule has 1 heterocycles. The van der Waals surface area contributed by atoms with Crippen molar-refractivity contribution in [1.29, 1.82) is 5.26 Å². The zero-order valence-corrected chi connectivity index (χ0v) is 11.7. The van der Waals surface area contributed by atoms with Crippen LogP contribution >= 0.6 is 15.9 Å². The number of nitrogens with one attached hydrogen (secondary N) is 1. The van der Waals surface area contributed by atoms with Crippen molar-refractivity contribution in [1.82, 2.24) is 4.98 Å². The van der Waals surface area contributed by atoms with E-state index in [1.807, 2.05) is 38.1 Å². The Morgan fingerprint density at radius 1 is 1.22 bits per heavy atom.